The molecule has 2 rings (SSSR count). The Morgan fingerprint density at radius 2 is 1.65 bits per heavy atom. The predicted molar refractivity (Wildman–Crippen MR) is 76.2 cm³/mol. The van der Waals surface area contributed by atoms with Gasteiger partial charge in [-0.1, -0.05) is 13.8 Å². The van der Waals surface area contributed by atoms with Crippen molar-refractivity contribution in [3.05, 3.63) is 23.2 Å². The van der Waals surface area contributed by atoms with Crippen molar-refractivity contribution in [1.29, 1.82) is 0 Å². The van der Waals surface area contributed by atoms with Crippen LogP contribution in [0.15, 0.2) is 23.2 Å². The quantitative estimate of drug-likeness (QED) is 0.148. The summed E-state index contributed by atoms with van der Waals surface area (Å²) in [5.41, 5.74) is 1.99. The Morgan fingerprint density at radius 3 is 2.13 bits per heavy atom. The lowest BCUT2D eigenvalue weighted by Gasteiger charge is -2.29. The minimum absolute atomic E-state index is 0.121. The molecule has 1 fully saturated rings. The number of carbonyl (C=O) groups excluding carboxylic acids is 2. The number of hydrogen-bond donors (Lipinski definition) is 7. The molecule has 0 aromatic rings. The van der Waals surface area contributed by atoms with Crippen molar-refractivity contribution in [3.8, 4) is 0 Å². The topological polar surface area (TPSA) is 164 Å². The third-order valence-electron chi connectivity index (χ3n) is 3.45. The molecule has 0 aromatic heterocycles. The maximum absolute atomic E-state index is 12.5. The summed E-state index contributed by atoms with van der Waals surface area (Å²) < 4.78 is 0. The highest BCUT2D eigenvalue weighted by molar-refractivity contribution is 6.22. The SMILES string of the molecule is CCC(O)(O)NC1=CC(=O)C(NC(O)(O)CC)=C(N2CN2)C1=O. The van der Waals surface area contributed by atoms with Gasteiger partial charge in [0.05, 0.1) is 5.70 Å². The summed E-state index contributed by atoms with van der Waals surface area (Å²) in [5, 5.41) is 44.3. The van der Waals surface area contributed by atoms with Crippen LogP contribution in [0.4, 0.5) is 0 Å². The van der Waals surface area contributed by atoms with Crippen LogP contribution in [-0.2, 0) is 9.59 Å². The first-order chi connectivity index (χ1) is 10.6. The third kappa shape index (κ3) is 3.86. The van der Waals surface area contributed by atoms with E-state index in [1.807, 2.05) is 0 Å². The van der Waals surface area contributed by atoms with E-state index in [0.29, 0.717) is 6.67 Å². The lowest BCUT2D eigenvalue weighted by molar-refractivity contribution is -0.183. The van der Waals surface area contributed by atoms with Gasteiger partial charge in [-0.3, -0.25) is 14.6 Å². The summed E-state index contributed by atoms with van der Waals surface area (Å²) >= 11 is 0. The molecule has 0 spiro atoms. The van der Waals surface area contributed by atoms with Gasteiger partial charge in [-0.05, 0) is 0 Å². The zero-order chi connectivity index (χ0) is 17.4. The number of aliphatic hydroxyl groups is 4. The molecule has 23 heavy (non-hydrogen) atoms. The van der Waals surface area contributed by atoms with Crippen molar-refractivity contribution in [3.63, 3.8) is 0 Å². The molecule has 10 nitrogen and oxygen atoms in total. The van der Waals surface area contributed by atoms with Crippen LogP contribution < -0.4 is 16.1 Å². The van der Waals surface area contributed by atoms with E-state index in [9.17, 15) is 30.0 Å². The van der Waals surface area contributed by atoms with Crippen molar-refractivity contribution >= 4 is 11.6 Å². The molecular weight excluding hydrogens is 308 g/mol. The third-order valence-corrected chi connectivity index (χ3v) is 3.45. The van der Waals surface area contributed by atoms with E-state index >= 15 is 0 Å². The molecule has 1 saturated heterocycles. The van der Waals surface area contributed by atoms with Crippen molar-refractivity contribution in [2.24, 2.45) is 0 Å². The number of ketones is 2. The van der Waals surface area contributed by atoms with Crippen LogP contribution in [0.25, 0.3) is 0 Å². The highest BCUT2D eigenvalue weighted by atomic mass is 16.5. The van der Waals surface area contributed by atoms with Crippen LogP contribution in [-0.4, -0.2) is 55.5 Å². The summed E-state index contributed by atoms with van der Waals surface area (Å²) in [6.45, 7) is 3.25. The fourth-order valence-corrected chi connectivity index (χ4v) is 1.88. The largest absolute Gasteiger partial charge is 0.349 e. The van der Waals surface area contributed by atoms with Gasteiger partial charge in [0.25, 0.3) is 0 Å². The van der Waals surface area contributed by atoms with Crippen LogP contribution in [0, 0.1) is 0 Å². The van der Waals surface area contributed by atoms with Crippen molar-refractivity contribution in [2.45, 2.75) is 38.5 Å². The number of hydrazine groups is 1. The number of Topliss-reactive ketones (excluding diaryl/α,β-unsaturated/α-hetero) is 1. The normalized spacial score (nSPS) is 19.0. The summed E-state index contributed by atoms with van der Waals surface area (Å²) in [6.07, 6.45) is 0.629. The zero-order valence-corrected chi connectivity index (χ0v) is 12.8. The summed E-state index contributed by atoms with van der Waals surface area (Å²) in [7, 11) is 0. The minimum atomic E-state index is -2.35. The van der Waals surface area contributed by atoms with Crippen LogP contribution in [0.5, 0.6) is 0 Å². The lowest BCUT2D eigenvalue weighted by Crippen LogP contribution is -2.50. The van der Waals surface area contributed by atoms with Crippen LogP contribution >= 0.6 is 0 Å². The predicted octanol–water partition coefficient (Wildman–Crippen LogP) is -2.71. The average molecular weight is 328 g/mol. The number of carbonyl (C=O) groups is 2. The summed E-state index contributed by atoms with van der Waals surface area (Å²) in [5.74, 6) is -6.09. The summed E-state index contributed by atoms with van der Waals surface area (Å²) in [6, 6.07) is 0. The fraction of sp³-hybridized carbons (Fsp3) is 0.538. The molecule has 0 bridgehead atoms. The van der Waals surface area contributed by atoms with E-state index in [-0.39, 0.29) is 29.9 Å². The van der Waals surface area contributed by atoms with E-state index in [1.165, 1.54) is 18.9 Å². The first-order valence-electron chi connectivity index (χ1n) is 7.12. The molecule has 128 valence electrons. The second-order valence-electron chi connectivity index (χ2n) is 5.31. The van der Waals surface area contributed by atoms with E-state index in [4.69, 9.17) is 0 Å². The van der Waals surface area contributed by atoms with Gasteiger partial charge in [0, 0.05) is 18.9 Å². The van der Waals surface area contributed by atoms with Gasteiger partial charge in [-0.15, -0.1) is 0 Å². The molecule has 7 N–H and O–H groups in total. The average Bonchev–Trinajstić information content (AvgIpc) is 3.28. The molecule has 2 aliphatic rings. The van der Waals surface area contributed by atoms with Gasteiger partial charge in [-0.25, -0.2) is 5.43 Å². The van der Waals surface area contributed by atoms with Crippen LogP contribution in [0.2, 0.25) is 0 Å². The Morgan fingerprint density at radius 1 is 1.13 bits per heavy atom. The van der Waals surface area contributed by atoms with Gasteiger partial charge in [0.15, 0.2) is 0 Å². The van der Waals surface area contributed by atoms with Crippen molar-refractivity contribution < 1.29 is 30.0 Å². The van der Waals surface area contributed by atoms with Gasteiger partial charge >= 0.3 is 0 Å². The Bertz CT molecular complexity index is 591. The molecule has 1 aliphatic heterocycles. The second kappa shape index (κ2) is 5.91. The lowest BCUT2D eigenvalue weighted by atomic mass is 10.0. The standard InChI is InChI=1S/C13H20N4O6/c1-3-12(20,21)15-7-5-8(18)9(16-13(22,23)4-2)10(11(7)19)17-6-14-17/h5,14-16,20-23H,3-4,6H2,1-2H3. The first kappa shape index (κ1) is 17.4. The molecule has 1 heterocycles. The molecule has 0 amide bonds. The number of allylic oxidation sites excluding steroid dienone is 1. The van der Waals surface area contributed by atoms with Crippen molar-refractivity contribution in [2.75, 3.05) is 6.67 Å². The maximum atomic E-state index is 12.5. The Labute approximate surface area is 132 Å². The number of nitrogens with one attached hydrogen (secondary N) is 3. The second-order valence-corrected chi connectivity index (χ2v) is 5.31. The first-order valence-corrected chi connectivity index (χ1v) is 7.12. The molecular formula is C13H20N4O6. The Kier molecular flexibility index (Phi) is 4.46. The molecule has 1 aliphatic carbocycles. The van der Waals surface area contributed by atoms with Gasteiger partial charge in [0.2, 0.25) is 23.4 Å². The van der Waals surface area contributed by atoms with Gasteiger partial charge in [-0.2, -0.15) is 0 Å². The zero-order valence-electron chi connectivity index (χ0n) is 12.8. The smallest absolute Gasteiger partial charge is 0.244 e. The number of nitrogens with zero attached hydrogens (tertiary/aromatic N) is 1. The fourth-order valence-electron chi connectivity index (χ4n) is 1.88. The van der Waals surface area contributed by atoms with Crippen LogP contribution in [0.1, 0.15) is 26.7 Å². The highest BCUT2D eigenvalue weighted by Gasteiger charge is 2.40. The Balaban J connectivity index is 2.34. The van der Waals surface area contributed by atoms with Gasteiger partial charge in [0.1, 0.15) is 18.1 Å². The molecule has 10 heteroatoms. The van der Waals surface area contributed by atoms with E-state index < -0.39 is 23.4 Å². The molecule has 0 atom stereocenters. The molecule has 0 radical (unpaired) electrons. The highest BCUT2D eigenvalue weighted by Crippen LogP contribution is 2.24. The maximum Gasteiger partial charge on any atom is 0.244 e. The minimum Gasteiger partial charge on any atom is -0.349 e. The Hall–Kier alpha value is -1.98. The monoisotopic (exact) mass is 328 g/mol. The number of hydrogen-bond acceptors (Lipinski definition) is 10. The van der Waals surface area contributed by atoms with Crippen LogP contribution in [0.3, 0.4) is 0 Å². The van der Waals surface area contributed by atoms with E-state index in [2.05, 4.69) is 16.1 Å². The number of rotatable bonds is 7. The molecule has 0 unspecified atom stereocenters. The summed E-state index contributed by atoms with van der Waals surface area (Å²) in [4.78, 5) is 24.7. The van der Waals surface area contributed by atoms with E-state index in [0.717, 1.165) is 6.08 Å². The van der Waals surface area contributed by atoms with E-state index in [1.54, 1.807) is 0 Å². The molecule has 0 aromatic carbocycles. The van der Waals surface area contributed by atoms with Gasteiger partial charge < -0.3 is 31.1 Å². The molecule has 0 saturated carbocycles. The van der Waals surface area contributed by atoms with Crippen molar-refractivity contribution in [1.82, 2.24) is 21.1 Å².